The van der Waals surface area contributed by atoms with Gasteiger partial charge in [0, 0.05) is 0 Å². The van der Waals surface area contributed by atoms with Gasteiger partial charge in [-0.2, -0.15) is 9.37 Å². The number of aromatic nitrogens is 2. The fraction of sp³-hybridized carbons (Fsp3) is 0. The van der Waals surface area contributed by atoms with Crippen molar-refractivity contribution >= 4 is 34.0 Å². The molecule has 0 aliphatic rings. The molecule has 0 amide bonds. The van der Waals surface area contributed by atoms with E-state index in [0.29, 0.717) is 0 Å². The van der Waals surface area contributed by atoms with Crippen LogP contribution in [0.2, 0.25) is 0 Å². The van der Waals surface area contributed by atoms with Crippen molar-refractivity contribution in [2.45, 2.75) is 0 Å². The zero-order valence-electron chi connectivity index (χ0n) is 6.88. The van der Waals surface area contributed by atoms with Crippen LogP contribution in [0.5, 0.6) is 0 Å². The van der Waals surface area contributed by atoms with Gasteiger partial charge in [0.05, 0.1) is 6.20 Å². The highest BCUT2D eigenvalue weighted by Crippen LogP contribution is 2.17. The van der Waals surface area contributed by atoms with Gasteiger partial charge in [0.25, 0.3) is 22.5 Å². The highest BCUT2D eigenvalue weighted by Gasteiger charge is 2.10. The molecule has 11 heteroatoms. The second-order valence-electron chi connectivity index (χ2n) is 2.10. The molecule has 0 spiro atoms. The van der Waals surface area contributed by atoms with Gasteiger partial charge >= 0.3 is 6.08 Å². The Morgan fingerprint density at radius 2 is 1.87 bits per heavy atom. The Morgan fingerprint density at radius 3 is 2.40 bits per heavy atom. The highest BCUT2D eigenvalue weighted by molar-refractivity contribution is 7.81. The second-order valence-corrected chi connectivity index (χ2v) is 3.51. The number of nitrogens with one attached hydrogen (secondary N) is 2. The quantitative estimate of drug-likeness (QED) is 0.433. The molecule has 2 unspecified atom stereocenters. The monoisotopic (exact) mass is 256 g/mol. The molecular weight excluding hydrogens is 251 g/mol. The highest BCUT2D eigenvalue weighted by atomic mass is 32.2. The number of halogens is 1. The Balaban J connectivity index is 3.02. The normalized spacial score (nSPS) is 14.3. The van der Waals surface area contributed by atoms with E-state index in [4.69, 9.17) is 9.11 Å². The molecule has 0 radical (unpaired) electrons. The van der Waals surface area contributed by atoms with Crippen molar-refractivity contribution in [2.24, 2.45) is 0 Å². The van der Waals surface area contributed by atoms with E-state index in [1.807, 2.05) is 9.44 Å². The van der Waals surface area contributed by atoms with Crippen LogP contribution in [-0.4, -0.2) is 27.5 Å². The van der Waals surface area contributed by atoms with E-state index in [9.17, 15) is 12.8 Å². The summed E-state index contributed by atoms with van der Waals surface area (Å²) >= 11 is -4.90. The van der Waals surface area contributed by atoms with Gasteiger partial charge in [-0.1, -0.05) is 0 Å². The van der Waals surface area contributed by atoms with Gasteiger partial charge in [0.2, 0.25) is 0 Å². The Bertz CT molecular complexity index is 416. The van der Waals surface area contributed by atoms with Crippen LogP contribution < -0.4 is 9.44 Å². The fourth-order valence-electron chi connectivity index (χ4n) is 0.690. The average Bonchev–Trinajstić information content (AvgIpc) is 2.08. The van der Waals surface area contributed by atoms with E-state index in [1.54, 1.807) is 0 Å². The van der Waals surface area contributed by atoms with Crippen LogP contribution in [-0.2, 0) is 22.5 Å². The van der Waals surface area contributed by atoms with Gasteiger partial charge < -0.3 is 0 Å². The zero-order valence-corrected chi connectivity index (χ0v) is 8.51. The molecule has 1 aromatic heterocycles. The van der Waals surface area contributed by atoms with E-state index >= 15 is 0 Å². The number of rotatable bonds is 4. The van der Waals surface area contributed by atoms with E-state index in [2.05, 4.69) is 9.97 Å². The minimum atomic E-state index is -2.48. The number of nitrogens with zero attached hydrogens (tertiary/aromatic N) is 2. The zero-order chi connectivity index (χ0) is 11.4. The smallest absolute Gasteiger partial charge is 0.289 e. The third kappa shape index (κ3) is 3.83. The molecule has 1 aromatic rings. The van der Waals surface area contributed by atoms with Crippen LogP contribution >= 0.6 is 0 Å². The number of hydrogen-bond donors (Lipinski definition) is 4. The first-order valence-corrected chi connectivity index (χ1v) is 5.48. The molecule has 8 nitrogen and oxygen atoms in total. The lowest BCUT2D eigenvalue weighted by atomic mass is 10.5. The van der Waals surface area contributed by atoms with E-state index in [0.717, 1.165) is 6.20 Å². The fourth-order valence-corrected chi connectivity index (χ4v) is 1.35. The first-order chi connectivity index (χ1) is 6.99. The summed E-state index contributed by atoms with van der Waals surface area (Å²) in [5.41, 5.74) is -0.181. The molecule has 1 rings (SSSR count). The summed E-state index contributed by atoms with van der Waals surface area (Å²) in [6.07, 6.45) is -0.289. The Morgan fingerprint density at radius 1 is 1.27 bits per heavy atom. The molecule has 0 saturated carbocycles. The summed E-state index contributed by atoms with van der Waals surface area (Å²) in [4.78, 5) is 6.21. The molecular formula is C4H5FN4O4S2. The van der Waals surface area contributed by atoms with E-state index in [-0.39, 0.29) is 5.69 Å². The van der Waals surface area contributed by atoms with Crippen molar-refractivity contribution in [1.82, 2.24) is 9.97 Å². The molecule has 15 heavy (non-hydrogen) atoms. The molecule has 0 aliphatic carbocycles. The molecule has 4 N–H and O–H groups in total. The molecule has 0 aliphatic heterocycles. The summed E-state index contributed by atoms with van der Waals surface area (Å²) in [6, 6.07) is 0. The summed E-state index contributed by atoms with van der Waals surface area (Å²) < 4.78 is 54.0. The lowest BCUT2D eigenvalue weighted by Gasteiger charge is -2.06. The third-order valence-electron chi connectivity index (χ3n) is 1.14. The van der Waals surface area contributed by atoms with Crippen LogP contribution in [0.1, 0.15) is 0 Å². The number of anilines is 2. The SMILES string of the molecule is O=S(O)Nc1cnc(F)nc1NS(=O)O. The lowest BCUT2D eigenvalue weighted by molar-refractivity contribution is 0.540. The lowest BCUT2D eigenvalue weighted by Crippen LogP contribution is -2.11. The van der Waals surface area contributed by atoms with Crippen LogP contribution in [0.15, 0.2) is 6.20 Å². The Hall–Kier alpha value is -1.17. The van der Waals surface area contributed by atoms with Gasteiger partial charge in [-0.3, -0.25) is 18.5 Å². The van der Waals surface area contributed by atoms with Crippen LogP contribution in [0.4, 0.5) is 15.9 Å². The van der Waals surface area contributed by atoms with Crippen molar-refractivity contribution in [3.8, 4) is 0 Å². The summed E-state index contributed by atoms with van der Waals surface area (Å²) in [5.74, 6) is -0.397. The largest absolute Gasteiger partial charge is 0.310 e. The summed E-state index contributed by atoms with van der Waals surface area (Å²) in [7, 11) is 0. The van der Waals surface area contributed by atoms with Crippen LogP contribution in [0, 0.1) is 6.08 Å². The van der Waals surface area contributed by atoms with Crippen molar-refractivity contribution in [3.63, 3.8) is 0 Å². The van der Waals surface area contributed by atoms with Crippen LogP contribution in [0.3, 0.4) is 0 Å². The minimum Gasteiger partial charge on any atom is -0.289 e. The summed E-state index contributed by atoms with van der Waals surface area (Å²) in [6.45, 7) is 0. The van der Waals surface area contributed by atoms with E-state index < -0.39 is 34.4 Å². The third-order valence-corrected chi connectivity index (χ3v) is 1.90. The van der Waals surface area contributed by atoms with Crippen LogP contribution in [0.25, 0.3) is 0 Å². The molecule has 1 heterocycles. The molecule has 0 aromatic carbocycles. The standard InChI is InChI=1S/C4H5FN4O4S2/c5-4-6-1-2(8-14(10)11)3(7-4)9-15(12)13/h1,8H,(H,10,11)(H,12,13)(H,6,7,9). The maximum atomic E-state index is 12.5. The van der Waals surface area contributed by atoms with Crippen molar-refractivity contribution < 1.29 is 21.9 Å². The predicted octanol–water partition coefficient (Wildman–Crippen LogP) is -0.287. The Labute approximate surface area is 88.2 Å². The molecule has 84 valence electrons. The van der Waals surface area contributed by atoms with E-state index in [1.165, 1.54) is 0 Å². The Kier molecular flexibility index (Phi) is 4.02. The van der Waals surface area contributed by atoms with Crippen molar-refractivity contribution in [1.29, 1.82) is 0 Å². The summed E-state index contributed by atoms with van der Waals surface area (Å²) in [5, 5.41) is 0. The topological polar surface area (TPSA) is 124 Å². The maximum absolute atomic E-state index is 12.5. The second kappa shape index (κ2) is 5.06. The maximum Gasteiger partial charge on any atom is 0.310 e. The van der Waals surface area contributed by atoms with Crippen molar-refractivity contribution in [2.75, 3.05) is 9.44 Å². The van der Waals surface area contributed by atoms with Crippen molar-refractivity contribution in [3.05, 3.63) is 12.3 Å². The van der Waals surface area contributed by atoms with Gasteiger partial charge in [-0.15, -0.1) is 0 Å². The predicted molar refractivity (Wildman–Crippen MR) is 50.8 cm³/mol. The molecule has 0 bridgehead atoms. The minimum absolute atomic E-state index is 0.181. The molecule has 0 fully saturated rings. The van der Waals surface area contributed by atoms with Gasteiger partial charge in [0.1, 0.15) is 5.69 Å². The molecule has 2 atom stereocenters. The first kappa shape index (κ1) is 11.9. The number of hydrogen-bond acceptors (Lipinski definition) is 4. The van der Waals surface area contributed by atoms with Gasteiger partial charge in [0.15, 0.2) is 5.82 Å². The molecule has 0 saturated heterocycles. The van der Waals surface area contributed by atoms with Gasteiger partial charge in [-0.25, -0.2) is 13.4 Å². The first-order valence-electron chi connectivity index (χ1n) is 3.26. The average molecular weight is 256 g/mol. The van der Waals surface area contributed by atoms with Gasteiger partial charge in [-0.05, 0) is 0 Å².